The summed E-state index contributed by atoms with van der Waals surface area (Å²) in [6, 6.07) is 6.56. The molecular formula is C25H33N5O. The van der Waals surface area contributed by atoms with Crippen LogP contribution in [0.3, 0.4) is 0 Å². The zero-order valence-corrected chi connectivity index (χ0v) is 18.3. The molecule has 1 saturated carbocycles. The molecule has 31 heavy (non-hydrogen) atoms. The number of benzene rings is 1. The predicted octanol–water partition coefficient (Wildman–Crippen LogP) is 4.78. The SMILES string of the molecule is NCCCCCCn1cc(-c2cnc3ccc(C4CCOCC4)cc3n2)c(C2CC2)n1. The van der Waals surface area contributed by atoms with Gasteiger partial charge in [0.2, 0.25) is 0 Å². The van der Waals surface area contributed by atoms with Crippen molar-refractivity contribution in [1.29, 1.82) is 0 Å². The van der Waals surface area contributed by atoms with Gasteiger partial charge >= 0.3 is 0 Å². The maximum absolute atomic E-state index is 5.60. The Balaban J connectivity index is 1.39. The highest BCUT2D eigenvalue weighted by Gasteiger charge is 2.30. The number of rotatable bonds is 9. The van der Waals surface area contributed by atoms with E-state index in [-0.39, 0.29) is 0 Å². The molecule has 0 spiro atoms. The molecule has 164 valence electrons. The van der Waals surface area contributed by atoms with Crippen LogP contribution in [-0.2, 0) is 11.3 Å². The fourth-order valence-electron chi connectivity index (χ4n) is 4.62. The van der Waals surface area contributed by atoms with Gasteiger partial charge in [-0.25, -0.2) is 4.98 Å². The first-order valence-electron chi connectivity index (χ1n) is 11.9. The van der Waals surface area contributed by atoms with Gasteiger partial charge in [-0.2, -0.15) is 5.10 Å². The van der Waals surface area contributed by atoms with E-state index in [2.05, 4.69) is 29.1 Å². The predicted molar refractivity (Wildman–Crippen MR) is 123 cm³/mol. The van der Waals surface area contributed by atoms with Gasteiger partial charge in [-0.1, -0.05) is 18.9 Å². The molecular weight excluding hydrogens is 386 g/mol. The fourth-order valence-corrected chi connectivity index (χ4v) is 4.62. The van der Waals surface area contributed by atoms with E-state index < -0.39 is 0 Å². The Morgan fingerprint density at radius 3 is 2.61 bits per heavy atom. The van der Waals surface area contributed by atoms with Crippen LogP contribution in [-0.4, -0.2) is 39.5 Å². The summed E-state index contributed by atoms with van der Waals surface area (Å²) in [6.07, 6.45) is 13.4. The number of nitrogens with two attached hydrogens (primary N) is 1. The van der Waals surface area contributed by atoms with Crippen LogP contribution in [0.25, 0.3) is 22.3 Å². The average molecular weight is 420 g/mol. The summed E-state index contributed by atoms with van der Waals surface area (Å²) in [6.45, 7) is 3.45. The van der Waals surface area contributed by atoms with Crippen molar-refractivity contribution in [1.82, 2.24) is 19.7 Å². The molecule has 2 aliphatic rings. The first-order chi connectivity index (χ1) is 15.3. The van der Waals surface area contributed by atoms with Crippen LogP contribution < -0.4 is 5.73 Å². The molecule has 0 radical (unpaired) electrons. The second-order valence-corrected chi connectivity index (χ2v) is 9.06. The highest BCUT2D eigenvalue weighted by molar-refractivity contribution is 5.78. The van der Waals surface area contributed by atoms with E-state index in [1.165, 1.54) is 36.9 Å². The van der Waals surface area contributed by atoms with Crippen LogP contribution in [0, 0.1) is 0 Å². The first kappa shape index (κ1) is 20.6. The van der Waals surface area contributed by atoms with Crippen molar-refractivity contribution in [3.8, 4) is 11.3 Å². The summed E-state index contributed by atoms with van der Waals surface area (Å²) in [5.41, 5.74) is 12.2. The van der Waals surface area contributed by atoms with Gasteiger partial charge in [0.05, 0.1) is 28.6 Å². The highest BCUT2D eigenvalue weighted by atomic mass is 16.5. The largest absolute Gasteiger partial charge is 0.381 e. The summed E-state index contributed by atoms with van der Waals surface area (Å²) in [5, 5.41) is 4.95. The number of aryl methyl sites for hydroxylation is 1. The van der Waals surface area contributed by atoms with Gasteiger partial charge in [-0.05, 0) is 68.7 Å². The fraction of sp³-hybridized carbons (Fsp3) is 0.560. The molecule has 5 rings (SSSR count). The van der Waals surface area contributed by atoms with Crippen molar-refractivity contribution in [3.63, 3.8) is 0 Å². The van der Waals surface area contributed by atoms with Crippen molar-refractivity contribution in [2.75, 3.05) is 19.8 Å². The van der Waals surface area contributed by atoms with Crippen molar-refractivity contribution >= 4 is 11.0 Å². The van der Waals surface area contributed by atoms with Gasteiger partial charge in [0.15, 0.2) is 0 Å². The van der Waals surface area contributed by atoms with Gasteiger partial charge in [-0.3, -0.25) is 9.67 Å². The van der Waals surface area contributed by atoms with Crippen LogP contribution in [0.15, 0.2) is 30.6 Å². The number of unbranched alkanes of at least 4 members (excludes halogenated alkanes) is 3. The summed E-state index contributed by atoms with van der Waals surface area (Å²) in [4.78, 5) is 9.78. The lowest BCUT2D eigenvalue weighted by Gasteiger charge is -2.22. The number of hydrogen-bond donors (Lipinski definition) is 1. The molecule has 6 heteroatoms. The summed E-state index contributed by atoms with van der Waals surface area (Å²) < 4.78 is 7.65. The zero-order chi connectivity index (χ0) is 21.0. The normalized spacial score (nSPS) is 17.5. The van der Waals surface area contributed by atoms with Crippen LogP contribution in [0.5, 0.6) is 0 Å². The van der Waals surface area contributed by atoms with E-state index in [9.17, 15) is 0 Å². The van der Waals surface area contributed by atoms with E-state index >= 15 is 0 Å². The topological polar surface area (TPSA) is 78.9 Å². The maximum Gasteiger partial charge on any atom is 0.0927 e. The molecule has 2 aromatic heterocycles. The van der Waals surface area contributed by atoms with E-state index in [0.717, 1.165) is 74.3 Å². The molecule has 1 aliphatic carbocycles. The molecule has 0 bridgehead atoms. The molecule has 1 saturated heterocycles. The second kappa shape index (κ2) is 9.45. The lowest BCUT2D eigenvalue weighted by atomic mass is 9.91. The van der Waals surface area contributed by atoms with Crippen molar-refractivity contribution in [2.24, 2.45) is 5.73 Å². The minimum Gasteiger partial charge on any atom is -0.381 e. The smallest absolute Gasteiger partial charge is 0.0927 e. The molecule has 1 aromatic carbocycles. The van der Waals surface area contributed by atoms with E-state index in [1.807, 2.05) is 6.20 Å². The lowest BCUT2D eigenvalue weighted by Crippen LogP contribution is -2.14. The van der Waals surface area contributed by atoms with E-state index in [4.69, 9.17) is 25.5 Å². The van der Waals surface area contributed by atoms with E-state index in [1.54, 1.807) is 0 Å². The standard InChI is InChI=1S/C25H33N5O/c26-11-3-1-2-4-12-30-17-21(25(29-30)19-5-6-19)24-16-27-22-8-7-20(15-23(22)28-24)18-9-13-31-14-10-18/h7-8,15-19H,1-6,9-14,26H2. The minimum atomic E-state index is 0.563. The summed E-state index contributed by atoms with van der Waals surface area (Å²) in [5.74, 6) is 1.15. The highest BCUT2D eigenvalue weighted by Crippen LogP contribution is 2.43. The Bertz CT molecular complexity index is 1020. The number of fused-ring (bicyclic) bond motifs is 1. The molecule has 0 amide bonds. The Morgan fingerprint density at radius 2 is 1.81 bits per heavy atom. The summed E-state index contributed by atoms with van der Waals surface area (Å²) >= 11 is 0. The van der Waals surface area contributed by atoms with Crippen LogP contribution >= 0.6 is 0 Å². The molecule has 3 heterocycles. The van der Waals surface area contributed by atoms with Gasteiger partial charge in [0, 0.05) is 37.4 Å². The number of aromatic nitrogens is 4. The third-order valence-electron chi connectivity index (χ3n) is 6.63. The molecule has 1 aliphatic heterocycles. The average Bonchev–Trinajstić information content (AvgIpc) is 3.58. The third kappa shape index (κ3) is 4.80. The van der Waals surface area contributed by atoms with Crippen LogP contribution in [0.2, 0.25) is 0 Å². The minimum absolute atomic E-state index is 0.563. The summed E-state index contributed by atoms with van der Waals surface area (Å²) in [7, 11) is 0. The molecule has 6 nitrogen and oxygen atoms in total. The quantitative estimate of drug-likeness (QED) is 0.505. The third-order valence-corrected chi connectivity index (χ3v) is 6.63. The van der Waals surface area contributed by atoms with Gasteiger partial charge in [0.25, 0.3) is 0 Å². The molecule has 3 aromatic rings. The number of ether oxygens (including phenoxy) is 1. The van der Waals surface area contributed by atoms with Gasteiger partial charge < -0.3 is 10.5 Å². The van der Waals surface area contributed by atoms with Gasteiger partial charge in [-0.15, -0.1) is 0 Å². The van der Waals surface area contributed by atoms with Crippen molar-refractivity contribution in [3.05, 3.63) is 41.9 Å². The number of nitrogens with zero attached hydrogens (tertiary/aromatic N) is 4. The zero-order valence-electron chi connectivity index (χ0n) is 18.3. The Morgan fingerprint density at radius 1 is 0.968 bits per heavy atom. The van der Waals surface area contributed by atoms with E-state index in [0.29, 0.717) is 11.8 Å². The van der Waals surface area contributed by atoms with Crippen LogP contribution in [0.4, 0.5) is 0 Å². The molecule has 0 unspecified atom stereocenters. The molecule has 2 N–H and O–H groups in total. The Hall–Kier alpha value is -2.31. The Kier molecular flexibility index (Phi) is 6.27. The van der Waals surface area contributed by atoms with Crippen LogP contribution in [0.1, 0.15) is 74.5 Å². The van der Waals surface area contributed by atoms with Crippen molar-refractivity contribution < 1.29 is 4.74 Å². The van der Waals surface area contributed by atoms with Crippen molar-refractivity contribution in [2.45, 2.75) is 69.7 Å². The first-order valence-corrected chi connectivity index (χ1v) is 11.9. The number of hydrogen-bond acceptors (Lipinski definition) is 5. The molecule has 0 atom stereocenters. The van der Waals surface area contributed by atoms with Gasteiger partial charge in [0.1, 0.15) is 0 Å². The Labute approximate surface area is 184 Å². The lowest BCUT2D eigenvalue weighted by molar-refractivity contribution is 0.0853. The monoisotopic (exact) mass is 419 g/mol. The maximum atomic E-state index is 5.60. The second-order valence-electron chi connectivity index (χ2n) is 9.06. The molecule has 2 fully saturated rings.